The quantitative estimate of drug-likeness (QED) is 0.392. The average molecular weight is 429 g/mol. The fourth-order valence-electron chi connectivity index (χ4n) is 3.66. The number of ether oxygens (including phenoxy) is 2. The first-order valence-electron chi connectivity index (χ1n) is 10.4. The van der Waals surface area contributed by atoms with E-state index in [2.05, 4.69) is 26.8 Å². The molecule has 0 aliphatic carbocycles. The van der Waals surface area contributed by atoms with Crippen LogP contribution in [0.15, 0.2) is 47.8 Å². The van der Waals surface area contributed by atoms with Gasteiger partial charge in [-0.05, 0) is 67.5 Å². The second kappa shape index (κ2) is 9.13. The molecular weight excluding hydrogens is 395 g/mol. The van der Waals surface area contributed by atoms with Crippen LogP contribution in [0.5, 0.6) is 11.5 Å². The van der Waals surface area contributed by atoms with Gasteiger partial charge >= 0.3 is 5.97 Å². The summed E-state index contributed by atoms with van der Waals surface area (Å²) in [5.74, 6) is -0.257. The number of carbonyl (C=O) groups is 1. The van der Waals surface area contributed by atoms with Crippen LogP contribution in [0.25, 0.3) is 11.1 Å². The van der Waals surface area contributed by atoms with Gasteiger partial charge < -0.3 is 14.6 Å². The maximum atomic E-state index is 15.2. The van der Waals surface area contributed by atoms with E-state index in [0.29, 0.717) is 34.6 Å². The molecule has 1 heterocycles. The molecule has 0 saturated heterocycles. The number of halogens is 1. The predicted molar refractivity (Wildman–Crippen MR) is 124 cm³/mol. The fraction of sp³-hybridized carbons (Fsp3) is 0.423. The maximum absolute atomic E-state index is 15.2. The van der Waals surface area contributed by atoms with Crippen LogP contribution in [-0.4, -0.2) is 23.8 Å². The summed E-state index contributed by atoms with van der Waals surface area (Å²) in [6.07, 6.45) is 6.35. The van der Waals surface area contributed by atoms with E-state index in [1.165, 1.54) is 12.2 Å². The van der Waals surface area contributed by atoms with Gasteiger partial charge in [-0.15, -0.1) is 0 Å². The number of carboxylic acid groups (broad SMARTS) is 1. The van der Waals surface area contributed by atoms with E-state index in [4.69, 9.17) is 14.6 Å². The Labute approximate surface area is 184 Å². The van der Waals surface area contributed by atoms with Crippen molar-refractivity contribution in [3.8, 4) is 11.5 Å². The number of methoxy groups -OCH3 is 1. The Hall–Kier alpha value is -2.82. The lowest BCUT2D eigenvalue weighted by molar-refractivity contribution is -0.131. The number of allylic oxidation sites excluding steroid dienone is 6. The van der Waals surface area contributed by atoms with Crippen LogP contribution in [0.2, 0.25) is 0 Å². The summed E-state index contributed by atoms with van der Waals surface area (Å²) in [6.45, 7) is 13.9. The molecule has 1 aliphatic heterocycles. The second-order valence-electron chi connectivity index (χ2n) is 9.30. The first-order valence-corrected chi connectivity index (χ1v) is 10.4. The summed E-state index contributed by atoms with van der Waals surface area (Å²) in [4.78, 5) is 10.8. The standard InChI is InChI=1S/C26H33FO4/c1-9-17(21(27)11-10-16(2)12-24(28)29)18-13-19-20(25(3,4)5)15-26(6,7)31-23(19)14-22(18)30-8/h10-15H,9H2,1-8H3,(H,28,29). The molecule has 0 fully saturated rings. The molecule has 5 heteroatoms. The van der Waals surface area contributed by atoms with Crippen molar-refractivity contribution >= 4 is 17.1 Å². The molecule has 1 aliphatic rings. The van der Waals surface area contributed by atoms with Crippen LogP contribution < -0.4 is 9.47 Å². The number of hydrogen-bond donors (Lipinski definition) is 1. The minimum Gasteiger partial charge on any atom is -0.496 e. The normalized spacial score (nSPS) is 16.9. The number of benzene rings is 1. The molecule has 1 aromatic carbocycles. The highest BCUT2D eigenvalue weighted by atomic mass is 19.1. The summed E-state index contributed by atoms with van der Waals surface area (Å²) in [6, 6.07) is 3.76. The molecule has 1 N–H and O–H groups in total. The van der Waals surface area contributed by atoms with Crippen LogP contribution in [0.4, 0.5) is 4.39 Å². The Morgan fingerprint density at radius 1 is 1.26 bits per heavy atom. The Bertz CT molecular complexity index is 985. The zero-order valence-electron chi connectivity index (χ0n) is 19.7. The minimum atomic E-state index is -1.07. The van der Waals surface area contributed by atoms with Crippen molar-refractivity contribution in [1.29, 1.82) is 0 Å². The molecule has 0 amide bonds. The molecule has 168 valence electrons. The van der Waals surface area contributed by atoms with Gasteiger partial charge in [-0.2, -0.15) is 0 Å². The number of carboxylic acids is 1. The monoisotopic (exact) mass is 428 g/mol. The average Bonchev–Trinajstić information content (AvgIpc) is 2.64. The number of hydrogen-bond acceptors (Lipinski definition) is 3. The Kier molecular flexibility index (Phi) is 7.20. The molecule has 1 aromatic rings. The van der Waals surface area contributed by atoms with E-state index < -0.39 is 17.4 Å². The lowest BCUT2D eigenvalue weighted by Gasteiger charge is -2.36. The predicted octanol–water partition coefficient (Wildman–Crippen LogP) is 6.97. The topological polar surface area (TPSA) is 55.8 Å². The lowest BCUT2D eigenvalue weighted by atomic mass is 9.77. The van der Waals surface area contributed by atoms with Crippen molar-refractivity contribution in [1.82, 2.24) is 0 Å². The van der Waals surface area contributed by atoms with Crippen LogP contribution in [0, 0.1) is 5.41 Å². The van der Waals surface area contributed by atoms with Crippen LogP contribution >= 0.6 is 0 Å². The maximum Gasteiger partial charge on any atom is 0.328 e. The van der Waals surface area contributed by atoms with E-state index in [9.17, 15) is 4.79 Å². The minimum absolute atomic E-state index is 0.130. The SMILES string of the molecule is CCC(=C(F)C=CC(C)=CC(=O)O)c1cc2c(cc1OC)OC(C)(C)C=C2C(C)(C)C. The van der Waals surface area contributed by atoms with Crippen molar-refractivity contribution in [3.63, 3.8) is 0 Å². The Balaban J connectivity index is 2.69. The third-order valence-electron chi connectivity index (χ3n) is 5.08. The zero-order chi connectivity index (χ0) is 23.6. The van der Waals surface area contributed by atoms with E-state index in [1.807, 2.05) is 32.9 Å². The molecular formula is C26H33FO4. The van der Waals surface area contributed by atoms with E-state index in [0.717, 1.165) is 17.2 Å². The van der Waals surface area contributed by atoms with Gasteiger partial charge in [0.25, 0.3) is 0 Å². The number of fused-ring (bicyclic) bond motifs is 1. The van der Waals surface area contributed by atoms with E-state index >= 15 is 4.39 Å². The van der Waals surface area contributed by atoms with E-state index in [-0.39, 0.29) is 5.41 Å². The molecule has 31 heavy (non-hydrogen) atoms. The molecule has 0 saturated carbocycles. The van der Waals surface area contributed by atoms with E-state index in [1.54, 1.807) is 14.0 Å². The van der Waals surface area contributed by atoms with Crippen LogP contribution in [-0.2, 0) is 4.79 Å². The number of rotatable bonds is 6. The smallest absolute Gasteiger partial charge is 0.328 e. The van der Waals surface area contributed by atoms with Crippen molar-refractivity contribution < 1.29 is 23.8 Å². The highest BCUT2D eigenvalue weighted by Crippen LogP contribution is 2.48. The lowest BCUT2D eigenvalue weighted by Crippen LogP contribution is -2.31. The zero-order valence-corrected chi connectivity index (χ0v) is 19.7. The molecule has 0 atom stereocenters. The third kappa shape index (κ3) is 5.87. The molecule has 4 nitrogen and oxygen atoms in total. The Morgan fingerprint density at radius 2 is 1.90 bits per heavy atom. The van der Waals surface area contributed by atoms with Gasteiger partial charge in [-0.3, -0.25) is 0 Å². The first kappa shape index (κ1) is 24.4. The summed E-state index contributed by atoms with van der Waals surface area (Å²) in [5, 5.41) is 8.84. The summed E-state index contributed by atoms with van der Waals surface area (Å²) >= 11 is 0. The van der Waals surface area contributed by atoms with Gasteiger partial charge in [0.2, 0.25) is 0 Å². The van der Waals surface area contributed by atoms with Crippen molar-refractivity contribution in [2.45, 2.75) is 60.5 Å². The molecule has 0 spiro atoms. The number of aliphatic carboxylic acids is 1. The van der Waals surface area contributed by atoms with Crippen LogP contribution in [0.1, 0.15) is 66.0 Å². The van der Waals surface area contributed by atoms with Gasteiger partial charge in [0.05, 0.1) is 7.11 Å². The summed E-state index contributed by atoms with van der Waals surface area (Å²) in [7, 11) is 1.56. The highest BCUT2D eigenvalue weighted by molar-refractivity contribution is 5.83. The summed E-state index contributed by atoms with van der Waals surface area (Å²) in [5.41, 5.74) is 3.05. The first-order chi connectivity index (χ1) is 14.3. The second-order valence-corrected chi connectivity index (χ2v) is 9.30. The van der Waals surface area contributed by atoms with Gasteiger partial charge in [0.1, 0.15) is 22.9 Å². The highest BCUT2D eigenvalue weighted by Gasteiger charge is 2.33. The van der Waals surface area contributed by atoms with Crippen molar-refractivity contribution in [3.05, 3.63) is 59.0 Å². The molecule has 0 bridgehead atoms. The third-order valence-corrected chi connectivity index (χ3v) is 5.08. The molecule has 0 aromatic heterocycles. The van der Waals surface area contributed by atoms with Gasteiger partial charge in [0, 0.05) is 23.3 Å². The molecule has 0 radical (unpaired) electrons. The molecule has 2 rings (SSSR count). The largest absolute Gasteiger partial charge is 0.496 e. The van der Waals surface area contributed by atoms with Gasteiger partial charge in [0.15, 0.2) is 0 Å². The van der Waals surface area contributed by atoms with Crippen LogP contribution in [0.3, 0.4) is 0 Å². The molecule has 0 unspecified atom stereocenters. The van der Waals surface area contributed by atoms with Crippen molar-refractivity contribution in [2.24, 2.45) is 5.41 Å². The van der Waals surface area contributed by atoms with Gasteiger partial charge in [-0.25, -0.2) is 9.18 Å². The van der Waals surface area contributed by atoms with Crippen molar-refractivity contribution in [2.75, 3.05) is 7.11 Å². The van der Waals surface area contributed by atoms with Gasteiger partial charge in [-0.1, -0.05) is 33.8 Å². The fourth-order valence-corrected chi connectivity index (χ4v) is 3.66. The summed E-state index contributed by atoms with van der Waals surface area (Å²) < 4.78 is 27.0. The Morgan fingerprint density at radius 3 is 2.42 bits per heavy atom.